The summed E-state index contributed by atoms with van der Waals surface area (Å²) < 4.78 is 2.49. The van der Waals surface area contributed by atoms with Crippen molar-refractivity contribution in [2.45, 2.75) is 0 Å². The van der Waals surface area contributed by atoms with Crippen molar-refractivity contribution in [2.75, 3.05) is 4.90 Å². The van der Waals surface area contributed by atoms with E-state index in [-0.39, 0.29) is 0 Å². The summed E-state index contributed by atoms with van der Waals surface area (Å²) in [4.78, 5) is 2.47. The van der Waals surface area contributed by atoms with Crippen molar-refractivity contribution in [3.8, 4) is 50.2 Å². The number of fused-ring (bicyclic) bond motifs is 8. The normalized spacial score (nSPS) is 11.8. The van der Waals surface area contributed by atoms with E-state index < -0.39 is 0 Å². The van der Waals surface area contributed by atoms with E-state index >= 15 is 0 Å². The van der Waals surface area contributed by atoms with Crippen molar-refractivity contribution >= 4 is 60.4 Å². The molecule has 12 rings (SSSR count). The fourth-order valence-electron chi connectivity index (χ4n) is 9.58. The van der Waals surface area contributed by atoms with Gasteiger partial charge in [0.05, 0.1) is 22.4 Å². The van der Waals surface area contributed by atoms with Crippen LogP contribution in [0.5, 0.6) is 0 Å². The molecule has 10 aromatic carbocycles. The Labute approximate surface area is 337 Å². The Balaban J connectivity index is 1.16. The summed E-state index contributed by atoms with van der Waals surface area (Å²) in [5, 5.41) is 7.64. The van der Waals surface area contributed by atoms with E-state index in [2.05, 4.69) is 228 Å². The van der Waals surface area contributed by atoms with E-state index in [0.29, 0.717) is 0 Å². The van der Waals surface area contributed by atoms with Gasteiger partial charge in [0.2, 0.25) is 0 Å². The molecule has 0 saturated heterocycles. The minimum atomic E-state index is 1.08. The summed E-state index contributed by atoms with van der Waals surface area (Å²) in [5.74, 6) is 0. The number of benzene rings is 10. The second-order valence-electron chi connectivity index (χ2n) is 15.3. The average Bonchev–Trinajstić information content (AvgIpc) is 3.81. The Morgan fingerprint density at radius 3 is 1.69 bits per heavy atom. The van der Waals surface area contributed by atoms with E-state index in [0.717, 1.165) is 22.7 Å². The van der Waals surface area contributed by atoms with Crippen LogP contribution in [-0.4, -0.2) is 4.57 Å². The van der Waals surface area contributed by atoms with Crippen LogP contribution in [0, 0.1) is 0 Å². The van der Waals surface area contributed by atoms with Gasteiger partial charge in [0.15, 0.2) is 0 Å². The Kier molecular flexibility index (Phi) is 7.26. The summed E-state index contributed by atoms with van der Waals surface area (Å²) in [6.07, 6.45) is 0. The van der Waals surface area contributed by atoms with Gasteiger partial charge >= 0.3 is 0 Å². The molecule has 0 radical (unpaired) electrons. The van der Waals surface area contributed by atoms with Crippen molar-refractivity contribution in [3.63, 3.8) is 0 Å². The number of hydrogen-bond donors (Lipinski definition) is 0. The monoisotopic (exact) mass is 736 g/mol. The quantitative estimate of drug-likeness (QED) is 0.165. The summed E-state index contributed by atoms with van der Waals surface area (Å²) in [6, 6.07) is 80.1. The van der Waals surface area contributed by atoms with Gasteiger partial charge in [-0.25, -0.2) is 0 Å². The van der Waals surface area contributed by atoms with Crippen LogP contribution in [0.4, 0.5) is 17.1 Å². The van der Waals surface area contributed by atoms with Crippen LogP contribution < -0.4 is 4.90 Å². The van der Waals surface area contributed by atoms with Crippen LogP contribution in [0.15, 0.2) is 218 Å². The molecule has 0 fully saturated rings. The second kappa shape index (κ2) is 12.9. The first-order valence-electron chi connectivity index (χ1n) is 20.0. The predicted octanol–water partition coefficient (Wildman–Crippen LogP) is 15.5. The molecule has 1 aromatic heterocycles. The van der Waals surface area contributed by atoms with Crippen LogP contribution in [-0.2, 0) is 0 Å². The highest BCUT2D eigenvalue weighted by atomic mass is 15.1. The Hall–Kier alpha value is -7.68. The minimum absolute atomic E-state index is 1.08. The van der Waals surface area contributed by atoms with E-state index in [9.17, 15) is 0 Å². The van der Waals surface area contributed by atoms with Crippen LogP contribution in [0.2, 0.25) is 0 Å². The molecule has 0 amide bonds. The molecule has 2 heteroatoms. The van der Waals surface area contributed by atoms with Crippen molar-refractivity contribution in [3.05, 3.63) is 218 Å². The van der Waals surface area contributed by atoms with Crippen molar-refractivity contribution in [1.82, 2.24) is 4.57 Å². The lowest BCUT2D eigenvalue weighted by atomic mass is 9.98. The van der Waals surface area contributed by atoms with Crippen LogP contribution in [0.3, 0.4) is 0 Å². The van der Waals surface area contributed by atoms with Crippen LogP contribution in [0.1, 0.15) is 0 Å². The van der Waals surface area contributed by atoms with E-state index in [1.54, 1.807) is 0 Å². The summed E-state index contributed by atoms with van der Waals surface area (Å²) in [5.41, 5.74) is 16.7. The highest BCUT2D eigenvalue weighted by molar-refractivity contribution is 6.21. The fourth-order valence-corrected chi connectivity index (χ4v) is 9.58. The highest BCUT2D eigenvalue weighted by Crippen LogP contribution is 2.51. The topological polar surface area (TPSA) is 8.17 Å². The molecule has 0 atom stereocenters. The van der Waals surface area contributed by atoms with Gasteiger partial charge < -0.3 is 9.47 Å². The molecule has 1 aliphatic rings. The van der Waals surface area contributed by atoms with Gasteiger partial charge in [-0.15, -0.1) is 0 Å². The van der Waals surface area contributed by atoms with Gasteiger partial charge in [-0.3, -0.25) is 0 Å². The van der Waals surface area contributed by atoms with Gasteiger partial charge in [-0.05, 0) is 97.4 Å². The molecule has 1 aliphatic carbocycles. The Morgan fingerprint density at radius 2 is 0.897 bits per heavy atom. The summed E-state index contributed by atoms with van der Waals surface area (Å²) in [6.45, 7) is 0. The molecule has 0 unspecified atom stereocenters. The lowest BCUT2D eigenvalue weighted by Gasteiger charge is -2.29. The van der Waals surface area contributed by atoms with E-state index in [1.165, 1.54) is 87.9 Å². The van der Waals surface area contributed by atoms with Crippen molar-refractivity contribution in [2.24, 2.45) is 0 Å². The third-order valence-electron chi connectivity index (χ3n) is 12.1. The van der Waals surface area contributed by atoms with Gasteiger partial charge in [-0.1, -0.05) is 176 Å². The average molecular weight is 737 g/mol. The number of rotatable bonds is 6. The zero-order valence-electron chi connectivity index (χ0n) is 31.7. The molecule has 58 heavy (non-hydrogen) atoms. The molecular formula is C56H36N2. The number of aromatic nitrogens is 1. The predicted molar refractivity (Wildman–Crippen MR) is 246 cm³/mol. The molecule has 0 saturated carbocycles. The number of nitrogens with zero attached hydrogens (tertiary/aromatic N) is 2. The maximum Gasteiger partial charge on any atom is 0.0561 e. The maximum atomic E-state index is 2.49. The molecule has 0 bridgehead atoms. The summed E-state index contributed by atoms with van der Waals surface area (Å²) >= 11 is 0. The lowest BCUT2D eigenvalue weighted by Crippen LogP contribution is -2.12. The standard InChI is InChI=1S/C56H36N2/c1-3-15-37(16-4-1)43-22-9-11-27-51(43)57(41-31-33-46-47-25-13-20-40-21-14-26-48(55(40)47)50(46)35-41)42-30-32-44(38-17-5-2-6-18-38)54(36-42)58-52-28-12-10-24-49(52)56-45-23-8-7-19-39(45)29-34-53(56)58/h1-36H. The van der Waals surface area contributed by atoms with Crippen molar-refractivity contribution in [1.29, 1.82) is 0 Å². The SMILES string of the molecule is c1ccc(-c2ccccc2N(c2ccc3c(c2)-c2cccc4cccc-3c24)c2ccc(-c3ccccc3)c(-n3c4ccccc4c4c5ccccc5ccc43)c2)cc1. The first-order chi connectivity index (χ1) is 28.8. The third kappa shape index (κ3) is 4.92. The smallest absolute Gasteiger partial charge is 0.0561 e. The summed E-state index contributed by atoms with van der Waals surface area (Å²) in [7, 11) is 0. The minimum Gasteiger partial charge on any atom is -0.310 e. The Morgan fingerprint density at radius 1 is 0.310 bits per heavy atom. The second-order valence-corrected chi connectivity index (χ2v) is 15.3. The first kappa shape index (κ1) is 32.6. The maximum absolute atomic E-state index is 2.49. The van der Waals surface area contributed by atoms with E-state index in [4.69, 9.17) is 0 Å². The zero-order chi connectivity index (χ0) is 38.2. The number of para-hydroxylation sites is 2. The number of hydrogen-bond acceptors (Lipinski definition) is 1. The van der Waals surface area contributed by atoms with Gasteiger partial charge in [0.25, 0.3) is 0 Å². The molecule has 11 aromatic rings. The largest absolute Gasteiger partial charge is 0.310 e. The van der Waals surface area contributed by atoms with Crippen LogP contribution >= 0.6 is 0 Å². The lowest BCUT2D eigenvalue weighted by molar-refractivity contribution is 1.17. The van der Waals surface area contributed by atoms with Gasteiger partial charge in [-0.2, -0.15) is 0 Å². The molecular weight excluding hydrogens is 701 g/mol. The van der Waals surface area contributed by atoms with Crippen LogP contribution in [0.25, 0.3) is 93.5 Å². The van der Waals surface area contributed by atoms with Gasteiger partial charge in [0, 0.05) is 33.3 Å². The van der Waals surface area contributed by atoms with Gasteiger partial charge in [0.1, 0.15) is 0 Å². The van der Waals surface area contributed by atoms with E-state index in [1.807, 2.05) is 0 Å². The molecule has 0 N–H and O–H groups in total. The molecule has 0 aliphatic heterocycles. The zero-order valence-corrected chi connectivity index (χ0v) is 31.7. The Bertz CT molecular complexity index is 3390. The fraction of sp³-hybridized carbons (Fsp3) is 0. The molecule has 1 heterocycles. The molecule has 270 valence electrons. The third-order valence-corrected chi connectivity index (χ3v) is 12.1. The number of anilines is 3. The first-order valence-corrected chi connectivity index (χ1v) is 20.0. The molecule has 2 nitrogen and oxygen atoms in total. The highest BCUT2D eigenvalue weighted by Gasteiger charge is 2.26. The molecule has 0 spiro atoms. The van der Waals surface area contributed by atoms with Crippen molar-refractivity contribution < 1.29 is 0 Å².